The summed E-state index contributed by atoms with van der Waals surface area (Å²) in [5.41, 5.74) is 10.4. The van der Waals surface area contributed by atoms with Crippen molar-refractivity contribution in [1.82, 2.24) is 10.6 Å². The first-order chi connectivity index (χ1) is 12.1. The summed E-state index contributed by atoms with van der Waals surface area (Å²) in [6.07, 6.45) is 0.765. The number of nitrogens with one attached hydrogen (secondary N) is 2. The Morgan fingerprint density at radius 1 is 1.00 bits per heavy atom. The largest absolute Gasteiger partial charge is 0.481 e. The van der Waals surface area contributed by atoms with Crippen LogP contribution in [0.25, 0.3) is 0 Å². The third kappa shape index (κ3) is 9.84. The number of carbonyl (C=O) groups excluding carboxylic acids is 3. The van der Waals surface area contributed by atoms with Crippen molar-refractivity contribution < 1.29 is 34.2 Å². The zero-order chi connectivity index (χ0) is 20.3. The van der Waals surface area contributed by atoms with E-state index in [1.54, 1.807) is 6.26 Å². The van der Waals surface area contributed by atoms with Crippen LogP contribution < -0.4 is 22.1 Å². The van der Waals surface area contributed by atoms with Crippen molar-refractivity contribution >= 4 is 41.4 Å². The molecule has 0 rings (SSSR count). The monoisotopic (exact) mass is 392 g/mol. The number of rotatable bonds is 13. The van der Waals surface area contributed by atoms with Crippen LogP contribution in [-0.4, -0.2) is 70.0 Å². The van der Waals surface area contributed by atoms with Gasteiger partial charge < -0.3 is 32.3 Å². The van der Waals surface area contributed by atoms with Crippen LogP contribution in [0.4, 0.5) is 0 Å². The summed E-state index contributed by atoms with van der Waals surface area (Å²) in [4.78, 5) is 57.0. The van der Waals surface area contributed by atoms with Crippen LogP contribution in [0.1, 0.15) is 25.7 Å². The summed E-state index contributed by atoms with van der Waals surface area (Å²) >= 11 is 1.39. The molecule has 0 fully saturated rings. The highest BCUT2D eigenvalue weighted by atomic mass is 32.2. The minimum absolute atomic E-state index is 0.156. The second-order valence-electron chi connectivity index (χ2n) is 5.45. The fraction of sp³-hybridized carbons (Fsp3) is 0.643. The van der Waals surface area contributed by atoms with E-state index in [4.69, 9.17) is 21.7 Å². The first-order valence-corrected chi connectivity index (χ1v) is 9.06. The smallest absolute Gasteiger partial charge is 0.326 e. The molecule has 0 radical (unpaired) electrons. The zero-order valence-corrected chi connectivity index (χ0v) is 15.1. The van der Waals surface area contributed by atoms with Gasteiger partial charge in [-0.05, 0) is 24.9 Å². The summed E-state index contributed by atoms with van der Waals surface area (Å²) in [6, 6.07) is -3.80. The predicted octanol–water partition coefficient (Wildman–Crippen LogP) is -2.14. The third-order valence-electron chi connectivity index (χ3n) is 3.26. The molecule has 12 heteroatoms. The topological polar surface area (TPSA) is 202 Å². The van der Waals surface area contributed by atoms with Gasteiger partial charge in [0.15, 0.2) is 0 Å². The van der Waals surface area contributed by atoms with Gasteiger partial charge in [0.25, 0.3) is 0 Å². The van der Waals surface area contributed by atoms with Gasteiger partial charge in [-0.3, -0.25) is 19.2 Å². The van der Waals surface area contributed by atoms with Crippen LogP contribution in [0.3, 0.4) is 0 Å². The summed E-state index contributed by atoms with van der Waals surface area (Å²) < 4.78 is 0. The van der Waals surface area contributed by atoms with Crippen molar-refractivity contribution in [2.24, 2.45) is 11.5 Å². The molecule has 0 aliphatic heterocycles. The van der Waals surface area contributed by atoms with Crippen molar-refractivity contribution in [3.8, 4) is 0 Å². The Balaban J connectivity index is 5.05. The van der Waals surface area contributed by atoms with E-state index >= 15 is 0 Å². The lowest BCUT2D eigenvalue weighted by Gasteiger charge is -2.22. The molecule has 8 N–H and O–H groups in total. The Labute approximate surface area is 154 Å². The Morgan fingerprint density at radius 3 is 2.04 bits per heavy atom. The molecule has 0 saturated heterocycles. The van der Waals surface area contributed by atoms with Crippen LogP contribution in [0.15, 0.2) is 0 Å². The van der Waals surface area contributed by atoms with Gasteiger partial charge in [-0.15, -0.1) is 0 Å². The van der Waals surface area contributed by atoms with Crippen molar-refractivity contribution in [1.29, 1.82) is 0 Å². The number of carboxylic acids is 2. The summed E-state index contributed by atoms with van der Waals surface area (Å²) in [6.45, 7) is 0. The maximum atomic E-state index is 12.3. The van der Waals surface area contributed by atoms with Crippen LogP contribution >= 0.6 is 11.8 Å². The zero-order valence-electron chi connectivity index (χ0n) is 14.3. The van der Waals surface area contributed by atoms with Crippen molar-refractivity contribution in [3.63, 3.8) is 0 Å². The molecule has 0 bridgehead atoms. The van der Waals surface area contributed by atoms with E-state index in [1.165, 1.54) is 11.8 Å². The molecule has 0 spiro atoms. The summed E-state index contributed by atoms with van der Waals surface area (Å²) in [5, 5.41) is 22.4. The molecule has 0 saturated carbocycles. The van der Waals surface area contributed by atoms with Gasteiger partial charge in [0, 0.05) is 6.42 Å². The molecule has 3 unspecified atom stereocenters. The second-order valence-corrected chi connectivity index (χ2v) is 6.44. The quantitative estimate of drug-likeness (QED) is 0.202. The van der Waals surface area contributed by atoms with Crippen LogP contribution in [-0.2, 0) is 24.0 Å². The number of carboxylic acid groups (broad SMARTS) is 2. The molecule has 0 aromatic heterocycles. The van der Waals surface area contributed by atoms with Crippen LogP contribution in [0.5, 0.6) is 0 Å². The van der Waals surface area contributed by atoms with Gasteiger partial charge in [0.05, 0.1) is 12.5 Å². The average Bonchev–Trinajstić information content (AvgIpc) is 2.53. The number of aliphatic carboxylic acids is 2. The fourth-order valence-corrected chi connectivity index (χ4v) is 2.36. The van der Waals surface area contributed by atoms with Gasteiger partial charge in [0.2, 0.25) is 17.7 Å². The summed E-state index contributed by atoms with van der Waals surface area (Å²) in [5.74, 6) is -4.50. The first-order valence-electron chi connectivity index (χ1n) is 7.66. The van der Waals surface area contributed by atoms with Crippen molar-refractivity contribution in [2.75, 3.05) is 12.0 Å². The molecule has 0 aliphatic carbocycles. The van der Waals surface area contributed by atoms with Gasteiger partial charge in [-0.25, -0.2) is 4.79 Å². The Hall–Kier alpha value is -2.34. The normalized spacial score (nSPS) is 13.9. The minimum Gasteiger partial charge on any atom is -0.481 e. The highest BCUT2D eigenvalue weighted by molar-refractivity contribution is 7.98. The maximum Gasteiger partial charge on any atom is 0.326 e. The van der Waals surface area contributed by atoms with E-state index in [0.717, 1.165) is 0 Å². The number of amides is 3. The number of primary amides is 1. The second kappa shape index (κ2) is 12.1. The van der Waals surface area contributed by atoms with E-state index in [0.29, 0.717) is 5.75 Å². The molecule has 11 nitrogen and oxygen atoms in total. The molecule has 0 aromatic rings. The highest BCUT2D eigenvalue weighted by Gasteiger charge is 2.28. The van der Waals surface area contributed by atoms with Gasteiger partial charge in [-0.1, -0.05) is 0 Å². The number of nitrogens with two attached hydrogens (primary N) is 2. The van der Waals surface area contributed by atoms with Gasteiger partial charge >= 0.3 is 11.9 Å². The third-order valence-corrected chi connectivity index (χ3v) is 3.91. The van der Waals surface area contributed by atoms with E-state index in [-0.39, 0.29) is 12.8 Å². The van der Waals surface area contributed by atoms with E-state index in [2.05, 4.69) is 10.6 Å². The average molecular weight is 392 g/mol. The van der Waals surface area contributed by atoms with Crippen molar-refractivity contribution in [2.45, 2.75) is 43.8 Å². The molecule has 0 heterocycles. The number of carbonyl (C=O) groups is 5. The number of hydrogen-bond donors (Lipinski definition) is 6. The maximum absolute atomic E-state index is 12.3. The Kier molecular flexibility index (Phi) is 11.0. The molecule has 3 atom stereocenters. The Morgan fingerprint density at radius 2 is 1.58 bits per heavy atom. The minimum atomic E-state index is -1.31. The van der Waals surface area contributed by atoms with Crippen LogP contribution in [0, 0.1) is 0 Å². The fourth-order valence-electron chi connectivity index (χ4n) is 1.89. The molecular weight excluding hydrogens is 368 g/mol. The Bertz CT molecular complexity index is 543. The molecule has 148 valence electrons. The number of thioether (sulfide) groups is 1. The molecule has 0 aromatic carbocycles. The molecule has 3 amide bonds. The standard InChI is InChI=1S/C14H24N4O7S/c1-26-5-4-9(14(24)25)18-13(23)8(2-3-11(20)21)17-12(22)7(15)6-10(16)19/h7-9H,2-6,15H2,1H3,(H2,16,19)(H,17,22)(H,18,23)(H,20,21)(H,24,25). The van der Waals surface area contributed by atoms with Crippen LogP contribution in [0.2, 0.25) is 0 Å². The van der Waals surface area contributed by atoms with Crippen molar-refractivity contribution in [3.05, 3.63) is 0 Å². The number of hydrogen-bond acceptors (Lipinski definition) is 7. The van der Waals surface area contributed by atoms with E-state index < -0.39 is 60.6 Å². The molecular formula is C14H24N4O7S. The lowest BCUT2D eigenvalue weighted by molar-refractivity contribution is -0.143. The first kappa shape index (κ1) is 23.7. The predicted molar refractivity (Wildman–Crippen MR) is 93.2 cm³/mol. The lowest BCUT2D eigenvalue weighted by atomic mass is 10.1. The molecule has 26 heavy (non-hydrogen) atoms. The van der Waals surface area contributed by atoms with Gasteiger partial charge in [0.1, 0.15) is 12.1 Å². The highest BCUT2D eigenvalue weighted by Crippen LogP contribution is 2.04. The van der Waals surface area contributed by atoms with Gasteiger partial charge in [-0.2, -0.15) is 11.8 Å². The molecule has 0 aliphatic rings. The SMILES string of the molecule is CSCCC(NC(=O)C(CCC(=O)O)NC(=O)C(N)CC(N)=O)C(=O)O. The lowest BCUT2D eigenvalue weighted by Crippen LogP contribution is -2.55. The van der Waals surface area contributed by atoms with E-state index in [1.807, 2.05) is 0 Å². The van der Waals surface area contributed by atoms with E-state index in [9.17, 15) is 24.0 Å². The summed E-state index contributed by atoms with van der Waals surface area (Å²) in [7, 11) is 0.